The Labute approximate surface area is 126 Å². The maximum Gasteiger partial charge on any atom is 0.127 e. The van der Waals surface area contributed by atoms with Crippen molar-refractivity contribution in [3.63, 3.8) is 0 Å². The van der Waals surface area contributed by atoms with Gasteiger partial charge in [-0.2, -0.15) is 0 Å². The Bertz CT molecular complexity index is 599. The number of rotatable bonds is 4. The number of hydrogen-bond acceptors (Lipinski definition) is 1. The van der Waals surface area contributed by atoms with Gasteiger partial charge in [0.1, 0.15) is 5.82 Å². The van der Waals surface area contributed by atoms with Crippen molar-refractivity contribution in [2.24, 2.45) is 5.92 Å². The highest BCUT2D eigenvalue weighted by atomic mass is 79.9. The van der Waals surface area contributed by atoms with E-state index in [-0.39, 0.29) is 11.7 Å². The number of hydrogen-bond donors (Lipinski definition) is 1. The van der Waals surface area contributed by atoms with Crippen LogP contribution in [0.5, 0.6) is 0 Å². The molecule has 1 fully saturated rings. The Kier molecular flexibility index (Phi) is 3.90. The maximum absolute atomic E-state index is 13.8. The molecule has 1 saturated carbocycles. The van der Waals surface area contributed by atoms with Gasteiger partial charge in [0.2, 0.25) is 0 Å². The van der Waals surface area contributed by atoms with Crippen molar-refractivity contribution in [3.05, 3.63) is 69.9 Å². The number of halogens is 2. The Morgan fingerprint density at radius 3 is 2.65 bits per heavy atom. The van der Waals surface area contributed by atoms with Crippen molar-refractivity contribution in [2.45, 2.75) is 24.9 Å². The van der Waals surface area contributed by atoms with E-state index in [1.54, 1.807) is 6.07 Å². The molecule has 0 amide bonds. The van der Waals surface area contributed by atoms with Gasteiger partial charge in [-0.25, -0.2) is 4.39 Å². The average molecular weight is 335 g/mol. The minimum absolute atomic E-state index is 0.250. The van der Waals surface area contributed by atoms with Crippen molar-refractivity contribution in [1.29, 1.82) is 0 Å². The Morgan fingerprint density at radius 1 is 1.20 bits per heavy atom. The summed E-state index contributed by atoms with van der Waals surface area (Å²) in [6, 6.07) is 15.2. The highest BCUT2D eigenvalue weighted by Gasteiger charge is 2.43. The summed E-state index contributed by atoms with van der Waals surface area (Å²) in [5, 5.41) is 10.3. The third-order valence-corrected chi connectivity index (χ3v) is 4.50. The Morgan fingerprint density at radius 2 is 1.95 bits per heavy atom. The molecule has 3 unspecified atom stereocenters. The van der Waals surface area contributed by atoms with Gasteiger partial charge in [0.15, 0.2) is 0 Å². The molecule has 2 aromatic rings. The fourth-order valence-electron chi connectivity index (χ4n) is 2.79. The van der Waals surface area contributed by atoms with Crippen LogP contribution in [0.2, 0.25) is 0 Å². The molecule has 1 aliphatic rings. The van der Waals surface area contributed by atoms with Crippen molar-refractivity contribution in [1.82, 2.24) is 0 Å². The molecule has 20 heavy (non-hydrogen) atoms. The first kappa shape index (κ1) is 13.8. The van der Waals surface area contributed by atoms with Crippen LogP contribution < -0.4 is 0 Å². The normalized spacial score (nSPS) is 22.6. The van der Waals surface area contributed by atoms with Crippen LogP contribution in [0.25, 0.3) is 0 Å². The van der Waals surface area contributed by atoms with Crippen LogP contribution in [0, 0.1) is 11.7 Å². The predicted molar refractivity (Wildman–Crippen MR) is 81.1 cm³/mol. The summed E-state index contributed by atoms with van der Waals surface area (Å²) >= 11 is 3.24. The number of aliphatic hydroxyl groups excluding tert-OH is 1. The average Bonchev–Trinajstić information content (AvgIpc) is 3.23. The predicted octanol–water partition coefficient (Wildman–Crippen LogP) is 4.30. The van der Waals surface area contributed by atoms with E-state index in [0.717, 1.165) is 10.9 Å². The molecule has 104 valence electrons. The number of aliphatic hydroxyl groups is 1. The van der Waals surface area contributed by atoms with Gasteiger partial charge in [0.05, 0.1) is 6.10 Å². The van der Waals surface area contributed by atoms with Gasteiger partial charge in [-0.1, -0.05) is 52.3 Å². The molecule has 0 heterocycles. The molecule has 0 radical (unpaired) electrons. The summed E-state index contributed by atoms with van der Waals surface area (Å²) in [4.78, 5) is 0. The zero-order valence-electron chi connectivity index (χ0n) is 11.0. The highest BCUT2D eigenvalue weighted by Crippen LogP contribution is 2.50. The number of benzene rings is 2. The van der Waals surface area contributed by atoms with Gasteiger partial charge in [-0.3, -0.25) is 0 Å². The third kappa shape index (κ3) is 2.94. The van der Waals surface area contributed by atoms with Gasteiger partial charge in [-0.05, 0) is 41.5 Å². The van der Waals surface area contributed by atoms with Crippen LogP contribution in [0.15, 0.2) is 53.0 Å². The maximum atomic E-state index is 13.8. The van der Waals surface area contributed by atoms with E-state index in [2.05, 4.69) is 28.1 Å². The Balaban J connectivity index is 1.65. The molecule has 0 saturated heterocycles. The second kappa shape index (κ2) is 5.66. The second-order valence-corrected chi connectivity index (χ2v) is 6.34. The van der Waals surface area contributed by atoms with Gasteiger partial charge >= 0.3 is 0 Å². The fourth-order valence-corrected chi connectivity index (χ4v) is 3.12. The van der Waals surface area contributed by atoms with Crippen molar-refractivity contribution >= 4 is 15.9 Å². The zero-order chi connectivity index (χ0) is 14.1. The van der Waals surface area contributed by atoms with E-state index >= 15 is 0 Å². The van der Waals surface area contributed by atoms with Crippen LogP contribution in [0.1, 0.15) is 23.5 Å². The molecule has 1 N–H and O–H groups in total. The highest BCUT2D eigenvalue weighted by molar-refractivity contribution is 9.10. The molecule has 3 rings (SSSR count). The first-order chi connectivity index (χ1) is 9.65. The molecule has 3 heteroatoms. The van der Waals surface area contributed by atoms with Crippen molar-refractivity contribution in [3.8, 4) is 0 Å². The topological polar surface area (TPSA) is 20.2 Å². The van der Waals surface area contributed by atoms with Crippen LogP contribution in [-0.4, -0.2) is 11.2 Å². The van der Waals surface area contributed by atoms with Crippen LogP contribution in [0.4, 0.5) is 4.39 Å². The molecular formula is C17H16BrFO. The lowest BCUT2D eigenvalue weighted by molar-refractivity contribution is 0.148. The van der Waals surface area contributed by atoms with Crippen LogP contribution >= 0.6 is 15.9 Å². The summed E-state index contributed by atoms with van der Waals surface area (Å²) in [5.74, 6) is 0.417. The molecular weight excluding hydrogens is 319 g/mol. The van der Waals surface area contributed by atoms with Crippen molar-refractivity contribution < 1.29 is 9.50 Å². The summed E-state index contributed by atoms with van der Waals surface area (Å²) in [7, 11) is 0. The van der Waals surface area contributed by atoms with Crippen LogP contribution in [0.3, 0.4) is 0 Å². The first-order valence-corrected chi connectivity index (χ1v) is 7.61. The van der Waals surface area contributed by atoms with Gasteiger partial charge in [0, 0.05) is 10.9 Å². The lowest BCUT2D eigenvalue weighted by atomic mass is 10.0. The van der Waals surface area contributed by atoms with Crippen molar-refractivity contribution in [2.75, 3.05) is 0 Å². The minimum Gasteiger partial charge on any atom is -0.392 e. The van der Waals surface area contributed by atoms with Gasteiger partial charge < -0.3 is 5.11 Å². The van der Waals surface area contributed by atoms with E-state index in [1.165, 1.54) is 11.6 Å². The van der Waals surface area contributed by atoms with Crippen LogP contribution in [-0.2, 0) is 6.42 Å². The lowest BCUT2D eigenvalue weighted by Crippen LogP contribution is -2.15. The van der Waals surface area contributed by atoms with E-state index in [9.17, 15) is 9.50 Å². The molecule has 2 aromatic carbocycles. The molecule has 0 aliphatic heterocycles. The summed E-state index contributed by atoms with van der Waals surface area (Å²) in [5.41, 5.74) is 1.85. The lowest BCUT2D eigenvalue weighted by Gasteiger charge is -2.11. The second-order valence-electron chi connectivity index (χ2n) is 5.42. The first-order valence-electron chi connectivity index (χ1n) is 6.82. The molecule has 3 atom stereocenters. The summed E-state index contributed by atoms with van der Waals surface area (Å²) in [6.07, 6.45) is 0.895. The van der Waals surface area contributed by atoms with Gasteiger partial charge in [-0.15, -0.1) is 0 Å². The van der Waals surface area contributed by atoms with E-state index in [0.29, 0.717) is 17.9 Å². The minimum atomic E-state index is -0.476. The molecule has 0 spiro atoms. The molecule has 1 nitrogen and oxygen atoms in total. The van der Waals surface area contributed by atoms with E-state index in [4.69, 9.17) is 0 Å². The fraction of sp³-hybridized carbons (Fsp3) is 0.294. The SMILES string of the molecule is OC(Cc1ccc(Br)cc1F)C1CC1c1ccccc1. The summed E-state index contributed by atoms with van der Waals surface area (Å²) in [6.45, 7) is 0. The standard InChI is InChI=1S/C17H16BrFO/c18-13-7-6-12(16(19)9-13)8-17(20)15-10-14(15)11-4-2-1-3-5-11/h1-7,9,14-15,17,20H,8,10H2. The van der Waals surface area contributed by atoms with E-state index < -0.39 is 6.10 Å². The molecule has 1 aliphatic carbocycles. The quantitative estimate of drug-likeness (QED) is 0.883. The third-order valence-electron chi connectivity index (χ3n) is 4.01. The smallest absolute Gasteiger partial charge is 0.127 e. The molecule has 0 bridgehead atoms. The largest absolute Gasteiger partial charge is 0.392 e. The zero-order valence-corrected chi connectivity index (χ0v) is 12.6. The van der Waals surface area contributed by atoms with E-state index in [1.807, 2.05) is 24.3 Å². The van der Waals surface area contributed by atoms with Gasteiger partial charge in [0.25, 0.3) is 0 Å². The summed E-state index contributed by atoms with van der Waals surface area (Å²) < 4.78 is 14.5. The Hall–Kier alpha value is -1.19. The monoisotopic (exact) mass is 334 g/mol. The molecule has 0 aromatic heterocycles.